The average Bonchev–Trinajstić information content (AvgIpc) is 2.69. The van der Waals surface area contributed by atoms with E-state index in [0.29, 0.717) is 0 Å². The van der Waals surface area contributed by atoms with Gasteiger partial charge >= 0.3 is 174 Å². The van der Waals surface area contributed by atoms with Gasteiger partial charge in [0.1, 0.15) is 0 Å². The number of unbranched alkanes of at least 4 members (excludes halogenated alkanes) is 3. The molecule has 0 spiro atoms. The molecule has 27 heavy (non-hydrogen) atoms. The van der Waals surface area contributed by atoms with E-state index in [2.05, 4.69) is 37.9 Å². The van der Waals surface area contributed by atoms with Gasteiger partial charge in [0.25, 0.3) is 0 Å². The number of hydrogen-bond donors (Lipinski definition) is 0. The second kappa shape index (κ2) is 16.0. The van der Waals surface area contributed by atoms with Crippen molar-refractivity contribution in [2.45, 2.75) is 98.7 Å². The van der Waals surface area contributed by atoms with Crippen LogP contribution in [0.1, 0.15) is 73.1 Å². The van der Waals surface area contributed by atoms with Gasteiger partial charge in [-0.2, -0.15) is 0 Å². The van der Waals surface area contributed by atoms with Crippen molar-refractivity contribution in [1.29, 1.82) is 0 Å². The molecule has 0 aliphatic carbocycles. The Morgan fingerprint density at radius 2 is 1.33 bits per heavy atom. The van der Waals surface area contributed by atoms with Crippen LogP contribution in [0.25, 0.3) is 0 Å². The fourth-order valence-electron chi connectivity index (χ4n) is 4.15. The summed E-state index contributed by atoms with van der Waals surface area (Å²) >= 11 is -2.31. The molecule has 0 aromatic rings. The number of ether oxygens (including phenoxy) is 2. The van der Waals surface area contributed by atoms with Crippen LogP contribution in [0.4, 0.5) is 0 Å². The topological polar surface area (TPSA) is 35.5 Å². The fraction of sp³-hybridized carbons (Fsp3) is 0.870. The van der Waals surface area contributed by atoms with E-state index < -0.39 is 18.4 Å². The summed E-state index contributed by atoms with van der Waals surface area (Å²) in [6.45, 7) is 11.0. The zero-order valence-corrected chi connectivity index (χ0v) is 22.0. The van der Waals surface area contributed by atoms with Crippen molar-refractivity contribution in [1.82, 2.24) is 0 Å². The van der Waals surface area contributed by atoms with Crippen LogP contribution in [0.3, 0.4) is 0 Å². The Morgan fingerprint density at radius 1 is 0.852 bits per heavy atom. The molecule has 160 valence electrons. The van der Waals surface area contributed by atoms with Gasteiger partial charge in [0.15, 0.2) is 0 Å². The van der Waals surface area contributed by atoms with Crippen LogP contribution in [0.2, 0.25) is 13.3 Å². The Balaban J connectivity index is 5.50. The molecule has 0 radical (unpaired) electrons. The standard InChI is InChI=1S/C11H19O3.3C4H9.Sn/c1-6-10(13-4)9(3)11(14-5)8(2)7-12;3*1-3-4-2;/h1,6-11H,2-5H3;3*1,3-4H2,2H3;/t8-,9-,10-,11-;;;;/m0..../s1. The summed E-state index contributed by atoms with van der Waals surface area (Å²) in [6, 6.07) is 0. The van der Waals surface area contributed by atoms with Crippen molar-refractivity contribution in [2.75, 3.05) is 14.2 Å². The van der Waals surface area contributed by atoms with Crippen LogP contribution >= 0.6 is 0 Å². The van der Waals surface area contributed by atoms with E-state index in [1.54, 1.807) is 14.2 Å². The maximum absolute atomic E-state index is 11.3. The molecule has 0 saturated carbocycles. The van der Waals surface area contributed by atoms with E-state index in [0.717, 1.165) is 6.29 Å². The number of aldehydes is 1. The average molecular weight is 489 g/mol. The number of hydrogen-bond acceptors (Lipinski definition) is 3. The van der Waals surface area contributed by atoms with Crippen molar-refractivity contribution < 1.29 is 14.3 Å². The van der Waals surface area contributed by atoms with Gasteiger partial charge in [-0.25, -0.2) is 0 Å². The summed E-state index contributed by atoms with van der Waals surface area (Å²) in [5.41, 5.74) is 0. The first-order valence-electron chi connectivity index (χ1n) is 11.1. The Labute approximate surface area is 173 Å². The molecule has 4 atom stereocenters. The predicted octanol–water partition coefficient (Wildman–Crippen LogP) is 6.43. The molecule has 0 aliphatic heterocycles. The molecule has 0 fully saturated rings. The third kappa shape index (κ3) is 9.94. The van der Waals surface area contributed by atoms with Gasteiger partial charge in [0.2, 0.25) is 0 Å². The van der Waals surface area contributed by atoms with Gasteiger partial charge in [-0.1, -0.05) is 0 Å². The molecule has 0 heterocycles. The van der Waals surface area contributed by atoms with E-state index in [1.807, 2.05) is 6.92 Å². The van der Waals surface area contributed by atoms with Crippen LogP contribution < -0.4 is 0 Å². The molecule has 0 aromatic heterocycles. The van der Waals surface area contributed by atoms with Gasteiger partial charge in [0.05, 0.1) is 0 Å². The molecule has 4 heteroatoms. The van der Waals surface area contributed by atoms with Crippen molar-refractivity contribution in [3.63, 3.8) is 0 Å². The normalized spacial score (nSPS) is 17.0. The monoisotopic (exact) mass is 490 g/mol. The first-order valence-corrected chi connectivity index (χ1v) is 18.9. The number of methoxy groups -OCH3 is 2. The quantitative estimate of drug-likeness (QED) is 0.175. The molecule has 0 bridgehead atoms. The second-order valence-corrected chi connectivity index (χ2v) is 21.3. The predicted molar refractivity (Wildman–Crippen MR) is 120 cm³/mol. The van der Waals surface area contributed by atoms with E-state index in [4.69, 9.17) is 9.47 Å². The number of rotatable bonds is 17. The molecule has 0 N–H and O–H groups in total. The molecule has 0 unspecified atom stereocenters. The molecule has 0 rings (SSSR count). The van der Waals surface area contributed by atoms with Crippen molar-refractivity contribution in [2.24, 2.45) is 11.8 Å². The maximum atomic E-state index is 11.3. The molecule has 0 saturated heterocycles. The number of carbonyl (C=O) groups is 1. The van der Waals surface area contributed by atoms with Crippen molar-refractivity contribution >= 4 is 24.7 Å². The Morgan fingerprint density at radius 3 is 1.67 bits per heavy atom. The summed E-state index contributed by atoms with van der Waals surface area (Å²) in [7, 11) is 3.48. The van der Waals surface area contributed by atoms with Crippen molar-refractivity contribution in [3.8, 4) is 0 Å². The zero-order valence-electron chi connectivity index (χ0n) is 19.1. The summed E-state index contributed by atoms with van der Waals surface area (Å²) in [4.78, 5) is 11.3. The molecule has 0 aromatic carbocycles. The minimum atomic E-state index is -2.31. The molecular formula is C23H46O3Sn. The van der Waals surface area contributed by atoms with Crippen LogP contribution in [0, 0.1) is 11.8 Å². The van der Waals surface area contributed by atoms with E-state index >= 15 is 0 Å². The van der Waals surface area contributed by atoms with E-state index in [1.165, 1.54) is 51.8 Å². The van der Waals surface area contributed by atoms with E-state index in [9.17, 15) is 4.79 Å². The summed E-state index contributed by atoms with van der Waals surface area (Å²) in [5, 5.41) is 0. The van der Waals surface area contributed by atoms with Crippen LogP contribution in [-0.4, -0.2) is 51.1 Å². The van der Waals surface area contributed by atoms with Crippen LogP contribution in [-0.2, 0) is 14.3 Å². The third-order valence-corrected chi connectivity index (χ3v) is 20.2. The molecular weight excluding hydrogens is 443 g/mol. The molecule has 0 amide bonds. The Kier molecular flexibility index (Phi) is 16.1. The van der Waals surface area contributed by atoms with Crippen molar-refractivity contribution in [3.05, 3.63) is 10.2 Å². The van der Waals surface area contributed by atoms with Gasteiger partial charge in [-0.15, -0.1) is 0 Å². The second-order valence-electron chi connectivity index (χ2n) is 8.29. The fourth-order valence-corrected chi connectivity index (χ4v) is 18.5. The molecule has 3 nitrogen and oxygen atoms in total. The van der Waals surface area contributed by atoms with E-state index in [-0.39, 0.29) is 24.0 Å². The Hall–Kier alpha value is 0.129. The zero-order chi connectivity index (χ0) is 20.7. The van der Waals surface area contributed by atoms with Crippen LogP contribution in [0.5, 0.6) is 0 Å². The number of carbonyl (C=O) groups excluding carboxylic acids is 1. The first kappa shape index (κ1) is 27.1. The summed E-state index contributed by atoms with van der Waals surface area (Å²) in [5.74, 6) is 0.0357. The summed E-state index contributed by atoms with van der Waals surface area (Å²) < 4.78 is 18.6. The van der Waals surface area contributed by atoms with Gasteiger partial charge < -0.3 is 0 Å². The summed E-state index contributed by atoms with van der Waals surface area (Å²) in [6.07, 6.45) is 11.2. The first-order chi connectivity index (χ1) is 12.9. The van der Waals surface area contributed by atoms with Crippen LogP contribution in [0.15, 0.2) is 10.2 Å². The van der Waals surface area contributed by atoms with Gasteiger partial charge in [-0.05, 0) is 0 Å². The minimum absolute atomic E-state index is 0.0123. The van der Waals surface area contributed by atoms with Gasteiger partial charge in [-0.3, -0.25) is 0 Å². The SMILES string of the molecule is CCC[CH2][Sn](/[CH]=C/[C@H](OC)[C@H](C)[C@@H](OC)[C@@H](C)C=O)([CH2]CCC)[CH2]CCC. The van der Waals surface area contributed by atoms with Gasteiger partial charge in [0, 0.05) is 0 Å². The molecule has 0 aliphatic rings. The Bertz CT molecular complexity index is 375. The third-order valence-electron chi connectivity index (χ3n) is 6.04.